The van der Waals surface area contributed by atoms with Crippen LogP contribution in [-0.2, 0) is 6.54 Å². The van der Waals surface area contributed by atoms with Crippen molar-refractivity contribution in [3.63, 3.8) is 0 Å². The number of halogens is 2. The number of fused-ring (bicyclic) bond motifs is 1. The fraction of sp³-hybridized carbons (Fsp3) is 0.158. The molecule has 0 bridgehead atoms. The summed E-state index contributed by atoms with van der Waals surface area (Å²) in [5.41, 5.74) is 3.86. The second-order valence-electron chi connectivity index (χ2n) is 5.95. The van der Waals surface area contributed by atoms with Crippen molar-refractivity contribution in [2.75, 3.05) is 0 Å². The Balaban J connectivity index is 1.88. The first kappa shape index (κ1) is 19.7. The topological polar surface area (TPSA) is 93.1 Å². The van der Waals surface area contributed by atoms with E-state index in [0.717, 1.165) is 6.07 Å². The average Bonchev–Trinajstić information content (AvgIpc) is 2.68. The molecule has 3 rings (SSSR count). The summed E-state index contributed by atoms with van der Waals surface area (Å²) in [6.45, 7) is 2.23. The number of rotatable bonds is 4. The molecule has 0 saturated carbocycles. The first-order valence-electron chi connectivity index (χ1n) is 8.48. The Morgan fingerprint density at radius 2 is 1.79 bits per heavy atom. The maximum absolute atomic E-state index is 13.9. The van der Waals surface area contributed by atoms with Crippen LogP contribution >= 0.6 is 15.9 Å². The van der Waals surface area contributed by atoms with E-state index in [0.29, 0.717) is 28.2 Å². The Bertz CT molecular complexity index is 1130. The molecule has 28 heavy (non-hydrogen) atoms. The number of nitrogens with one attached hydrogen (secondary N) is 2. The molecule has 0 aliphatic carbocycles. The van der Waals surface area contributed by atoms with E-state index in [2.05, 4.69) is 31.9 Å². The van der Waals surface area contributed by atoms with Crippen LogP contribution in [-0.4, -0.2) is 21.6 Å². The van der Waals surface area contributed by atoms with E-state index in [-0.39, 0.29) is 16.8 Å². The Labute approximate surface area is 167 Å². The number of aromatic nitrogens is 2. The quantitative estimate of drug-likeness (QED) is 0.602. The molecular weight excluding hydrogens is 431 g/mol. The molecule has 144 valence electrons. The zero-order valence-corrected chi connectivity index (χ0v) is 16.4. The highest BCUT2D eigenvalue weighted by Gasteiger charge is 2.18. The highest BCUT2D eigenvalue weighted by molar-refractivity contribution is 9.10. The zero-order valence-electron chi connectivity index (χ0n) is 14.8. The summed E-state index contributed by atoms with van der Waals surface area (Å²) in [5, 5.41) is 4.84. The van der Waals surface area contributed by atoms with Gasteiger partial charge in [-0.05, 0) is 30.7 Å². The van der Waals surface area contributed by atoms with Gasteiger partial charge in [0.2, 0.25) is 0 Å². The van der Waals surface area contributed by atoms with E-state index in [1.165, 1.54) is 16.8 Å². The number of benzene rings is 2. The Morgan fingerprint density at radius 3 is 2.46 bits per heavy atom. The third-order valence-electron chi connectivity index (χ3n) is 3.98. The van der Waals surface area contributed by atoms with Crippen molar-refractivity contribution in [3.8, 4) is 0 Å². The molecule has 1 heterocycles. The third-order valence-corrected chi connectivity index (χ3v) is 4.48. The molecular formula is C19H16BrFN4O3. The van der Waals surface area contributed by atoms with E-state index in [1.807, 2.05) is 6.92 Å². The van der Waals surface area contributed by atoms with E-state index in [1.54, 1.807) is 24.3 Å². The fourth-order valence-corrected chi connectivity index (χ4v) is 3.01. The molecule has 0 aliphatic rings. The van der Waals surface area contributed by atoms with Crippen molar-refractivity contribution in [3.05, 3.63) is 74.4 Å². The van der Waals surface area contributed by atoms with E-state index in [9.17, 15) is 18.8 Å². The monoisotopic (exact) mass is 446 g/mol. The van der Waals surface area contributed by atoms with Gasteiger partial charge in [0.1, 0.15) is 5.82 Å². The second kappa shape index (κ2) is 8.30. The molecule has 1 aromatic heterocycles. The van der Waals surface area contributed by atoms with Gasteiger partial charge in [-0.2, -0.15) is 5.10 Å². The Kier molecular flexibility index (Phi) is 5.84. The number of amides is 2. The lowest BCUT2D eigenvalue weighted by atomic mass is 10.1. The molecule has 0 saturated heterocycles. The minimum absolute atomic E-state index is 0.0137. The van der Waals surface area contributed by atoms with Crippen LogP contribution in [0.4, 0.5) is 4.39 Å². The van der Waals surface area contributed by atoms with Crippen LogP contribution < -0.4 is 16.4 Å². The van der Waals surface area contributed by atoms with Gasteiger partial charge in [-0.1, -0.05) is 41.1 Å². The van der Waals surface area contributed by atoms with Crippen molar-refractivity contribution in [2.45, 2.75) is 19.9 Å². The van der Waals surface area contributed by atoms with Gasteiger partial charge in [-0.15, -0.1) is 0 Å². The van der Waals surface area contributed by atoms with Gasteiger partial charge in [-0.25, -0.2) is 9.07 Å². The van der Waals surface area contributed by atoms with E-state index >= 15 is 0 Å². The SMILES string of the molecule is CCCn1nc(C(=O)NNC(=O)c2ccc(Br)cc2F)c2ccccc2c1=O. The Hall–Kier alpha value is -3.07. The normalized spacial score (nSPS) is 10.7. The van der Waals surface area contributed by atoms with Crippen molar-refractivity contribution in [1.29, 1.82) is 0 Å². The van der Waals surface area contributed by atoms with Crippen molar-refractivity contribution < 1.29 is 14.0 Å². The van der Waals surface area contributed by atoms with Crippen molar-refractivity contribution in [2.24, 2.45) is 0 Å². The number of aryl methyl sites for hydroxylation is 1. The summed E-state index contributed by atoms with van der Waals surface area (Å²) in [6.07, 6.45) is 0.659. The third kappa shape index (κ3) is 3.94. The van der Waals surface area contributed by atoms with Crippen LogP contribution in [0.1, 0.15) is 34.2 Å². The molecule has 0 atom stereocenters. The summed E-state index contributed by atoms with van der Waals surface area (Å²) >= 11 is 3.11. The molecule has 2 N–H and O–H groups in total. The number of hydrogen-bond acceptors (Lipinski definition) is 4. The lowest BCUT2D eigenvalue weighted by Gasteiger charge is -2.11. The predicted molar refractivity (Wildman–Crippen MR) is 105 cm³/mol. The maximum Gasteiger partial charge on any atom is 0.290 e. The van der Waals surface area contributed by atoms with Gasteiger partial charge < -0.3 is 0 Å². The summed E-state index contributed by atoms with van der Waals surface area (Å²) in [5.74, 6) is -2.27. The summed E-state index contributed by atoms with van der Waals surface area (Å²) in [6, 6.07) is 10.5. The number of hydrogen-bond donors (Lipinski definition) is 2. The number of carbonyl (C=O) groups excluding carboxylic acids is 2. The van der Waals surface area contributed by atoms with Gasteiger partial charge in [0.15, 0.2) is 5.69 Å². The average molecular weight is 447 g/mol. The van der Waals surface area contributed by atoms with Crippen molar-refractivity contribution >= 4 is 38.5 Å². The van der Waals surface area contributed by atoms with Crippen LogP contribution in [0.5, 0.6) is 0 Å². The highest BCUT2D eigenvalue weighted by atomic mass is 79.9. The second-order valence-corrected chi connectivity index (χ2v) is 6.87. The molecule has 0 unspecified atom stereocenters. The maximum atomic E-state index is 13.9. The molecule has 2 amide bonds. The first-order valence-corrected chi connectivity index (χ1v) is 9.27. The van der Waals surface area contributed by atoms with E-state index in [4.69, 9.17) is 0 Å². The van der Waals surface area contributed by atoms with Gasteiger partial charge in [0, 0.05) is 16.4 Å². The van der Waals surface area contributed by atoms with Crippen molar-refractivity contribution in [1.82, 2.24) is 20.6 Å². The predicted octanol–water partition coefficient (Wildman–Crippen LogP) is 2.78. The fourth-order valence-electron chi connectivity index (χ4n) is 2.68. The summed E-state index contributed by atoms with van der Waals surface area (Å²) in [4.78, 5) is 37.2. The van der Waals surface area contributed by atoms with Gasteiger partial charge >= 0.3 is 0 Å². The Morgan fingerprint density at radius 1 is 1.11 bits per heavy atom. The van der Waals surface area contributed by atoms with Crippen LogP contribution in [0, 0.1) is 5.82 Å². The van der Waals surface area contributed by atoms with Crippen LogP contribution in [0.2, 0.25) is 0 Å². The lowest BCUT2D eigenvalue weighted by Crippen LogP contribution is -2.43. The molecule has 9 heteroatoms. The summed E-state index contributed by atoms with van der Waals surface area (Å²) in [7, 11) is 0. The highest BCUT2D eigenvalue weighted by Crippen LogP contribution is 2.15. The number of carbonyl (C=O) groups is 2. The standard InChI is InChI=1S/C19H16BrFN4O3/c1-2-9-25-19(28)13-6-4-3-5-12(13)16(24-25)18(27)23-22-17(26)14-8-7-11(20)10-15(14)21/h3-8,10H,2,9H2,1H3,(H,22,26)(H,23,27). The largest absolute Gasteiger partial charge is 0.290 e. The molecule has 0 fully saturated rings. The molecule has 0 spiro atoms. The molecule has 0 radical (unpaired) electrons. The molecule has 2 aromatic carbocycles. The molecule has 0 aliphatic heterocycles. The zero-order chi connectivity index (χ0) is 20.3. The summed E-state index contributed by atoms with van der Waals surface area (Å²) < 4.78 is 15.6. The minimum Gasteiger partial charge on any atom is -0.267 e. The van der Waals surface area contributed by atoms with Gasteiger partial charge in [-0.3, -0.25) is 25.2 Å². The van der Waals surface area contributed by atoms with E-state index < -0.39 is 17.6 Å². The van der Waals surface area contributed by atoms with Crippen LogP contribution in [0.25, 0.3) is 10.8 Å². The lowest BCUT2D eigenvalue weighted by molar-refractivity contribution is 0.0841. The molecule has 7 nitrogen and oxygen atoms in total. The number of hydrazine groups is 1. The van der Waals surface area contributed by atoms with Gasteiger partial charge in [0.05, 0.1) is 10.9 Å². The minimum atomic E-state index is -0.815. The smallest absolute Gasteiger partial charge is 0.267 e. The number of nitrogens with zero attached hydrogens (tertiary/aromatic N) is 2. The van der Waals surface area contributed by atoms with Gasteiger partial charge in [0.25, 0.3) is 17.4 Å². The van der Waals surface area contributed by atoms with Crippen LogP contribution in [0.15, 0.2) is 51.7 Å². The van der Waals surface area contributed by atoms with Crippen LogP contribution in [0.3, 0.4) is 0 Å². The molecule has 3 aromatic rings. The first-order chi connectivity index (χ1) is 13.4.